The van der Waals surface area contributed by atoms with E-state index in [4.69, 9.17) is 4.74 Å². The molecule has 0 atom stereocenters. The lowest BCUT2D eigenvalue weighted by Gasteiger charge is -2.36. The average molecular weight is 299 g/mol. The number of H-pyrrole nitrogens is 1. The molecule has 3 rings (SSSR count). The molecule has 1 aliphatic rings. The predicted molar refractivity (Wildman–Crippen MR) is 87.5 cm³/mol. The lowest BCUT2D eigenvalue weighted by molar-refractivity contribution is 0.247. The van der Waals surface area contributed by atoms with E-state index in [0.29, 0.717) is 5.75 Å². The molecule has 0 bridgehead atoms. The number of nitrogens with one attached hydrogen (secondary N) is 1. The van der Waals surface area contributed by atoms with Crippen molar-refractivity contribution in [2.24, 2.45) is 0 Å². The number of nitrogens with zero attached hydrogens (tertiary/aromatic N) is 2. The molecule has 2 aromatic rings. The molecular weight excluding hydrogens is 278 g/mol. The Morgan fingerprint density at radius 1 is 1.14 bits per heavy atom. The summed E-state index contributed by atoms with van der Waals surface area (Å²) in [6.45, 7) is 4.75. The Morgan fingerprint density at radius 2 is 1.86 bits per heavy atom. The number of rotatable bonds is 4. The van der Waals surface area contributed by atoms with E-state index >= 15 is 0 Å². The van der Waals surface area contributed by atoms with Crippen LogP contribution in [0.1, 0.15) is 5.69 Å². The summed E-state index contributed by atoms with van der Waals surface area (Å²) in [6.07, 6.45) is 1.64. The number of anilines is 1. The molecule has 5 nitrogen and oxygen atoms in total. The Morgan fingerprint density at radius 3 is 2.50 bits per heavy atom. The lowest BCUT2D eigenvalue weighted by Crippen LogP contribution is -2.46. The number of ether oxygens (including phenoxy) is 1. The van der Waals surface area contributed by atoms with E-state index in [-0.39, 0.29) is 5.43 Å². The summed E-state index contributed by atoms with van der Waals surface area (Å²) in [7, 11) is 1.51. The van der Waals surface area contributed by atoms with E-state index in [2.05, 4.69) is 39.0 Å². The van der Waals surface area contributed by atoms with Gasteiger partial charge in [-0.25, -0.2) is 0 Å². The largest absolute Gasteiger partial charge is 0.491 e. The summed E-state index contributed by atoms with van der Waals surface area (Å²) in [6, 6.07) is 12.1. The highest BCUT2D eigenvalue weighted by Crippen LogP contribution is 2.16. The summed E-state index contributed by atoms with van der Waals surface area (Å²) in [5.74, 6) is 0.359. The van der Waals surface area contributed by atoms with E-state index < -0.39 is 0 Å². The molecule has 0 saturated carbocycles. The van der Waals surface area contributed by atoms with Gasteiger partial charge in [0.2, 0.25) is 5.43 Å². The van der Waals surface area contributed by atoms with Gasteiger partial charge in [-0.05, 0) is 12.1 Å². The molecule has 0 unspecified atom stereocenters. The van der Waals surface area contributed by atoms with Crippen molar-refractivity contribution in [1.82, 2.24) is 9.88 Å². The minimum atomic E-state index is -0.0702. The quantitative estimate of drug-likeness (QED) is 0.933. The normalized spacial score (nSPS) is 15.8. The van der Waals surface area contributed by atoms with E-state index in [1.165, 1.54) is 12.8 Å². The Hall–Kier alpha value is -2.27. The van der Waals surface area contributed by atoms with Crippen LogP contribution in [0.15, 0.2) is 47.4 Å². The van der Waals surface area contributed by atoms with Gasteiger partial charge in [0.25, 0.3) is 0 Å². The third-order valence-corrected chi connectivity index (χ3v) is 4.04. The van der Waals surface area contributed by atoms with Gasteiger partial charge >= 0.3 is 0 Å². The maximum Gasteiger partial charge on any atom is 0.223 e. The van der Waals surface area contributed by atoms with Crippen molar-refractivity contribution in [3.05, 3.63) is 58.5 Å². The smallest absolute Gasteiger partial charge is 0.223 e. The molecule has 1 aromatic carbocycles. The number of benzene rings is 1. The summed E-state index contributed by atoms with van der Waals surface area (Å²) in [5, 5.41) is 0. The van der Waals surface area contributed by atoms with Crippen LogP contribution in [0.3, 0.4) is 0 Å². The van der Waals surface area contributed by atoms with Crippen molar-refractivity contribution < 1.29 is 4.74 Å². The van der Waals surface area contributed by atoms with Crippen molar-refractivity contribution in [3.63, 3.8) is 0 Å². The second-order valence-electron chi connectivity index (χ2n) is 5.49. The second kappa shape index (κ2) is 6.66. The minimum Gasteiger partial charge on any atom is -0.491 e. The van der Waals surface area contributed by atoms with Gasteiger partial charge in [-0.1, -0.05) is 18.2 Å². The van der Waals surface area contributed by atoms with Crippen LogP contribution in [0.25, 0.3) is 0 Å². The van der Waals surface area contributed by atoms with Gasteiger partial charge in [0.15, 0.2) is 5.75 Å². The standard InChI is InChI=1S/C17H21N3O2/c1-22-17-12-18-14(11-16(17)21)13-19-7-9-20(10-8-19)15-5-3-2-4-6-15/h2-6,11-12H,7-10,13H2,1H3,(H,18,21). The highest BCUT2D eigenvalue weighted by Gasteiger charge is 2.17. The SMILES string of the molecule is COc1c[nH]c(CN2CCN(c3ccccc3)CC2)cc1=O. The van der Waals surface area contributed by atoms with Gasteiger partial charge in [0.1, 0.15) is 0 Å². The van der Waals surface area contributed by atoms with E-state index in [1.807, 2.05) is 6.07 Å². The minimum absolute atomic E-state index is 0.0702. The molecule has 2 heterocycles. The van der Waals surface area contributed by atoms with Crippen LogP contribution in [0.4, 0.5) is 5.69 Å². The van der Waals surface area contributed by atoms with E-state index in [9.17, 15) is 4.79 Å². The zero-order chi connectivity index (χ0) is 15.4. The van der Waals surface area contributed by atoms with Gasteiger partial charge in [-0.15, -0.1) is 0 Å². The first-order chi connectivity index (χ1) is 10.8. The van der Waals surface area contributed by atoms with Crippen LogP contribution in [0, 0.1) is 0 Å². The first kappa shape index (κ1) is 14.7. The Bertz CT molecular complexity index is 661. The molecule has 0 spiro atoms. The first-order valence-electron chi connectivity index (χ1n) is 7.54. The molecule has 22 heavy (non-hydrogen) atoms. The van der Waals surface area contributed by atoms with Crippen molar-refractivity contribution in [1.29, 1.82) is 0 Å². The van der Waals surface area contributed by atoms with Gasteiger partial charge in [-0.3, -0.25) is 9.69 Å². The van der Waals surface area contributed by atoms with Crippen LogP contribution < -0.4 is 15.1 Å². The number of piperazine rings is 1. The van der Waals surface area contributed by atoms with Crippen molar-refractivity contribution in [3.8, 4) is 5.75 Å². The number of hydrogen-bond acceptors (Lipinski definition) is 4. The molecule has 0 aliphatic carbocycles. The molecule has 5 heteroatoms. The summed E-state index contributed by atoms with van der Waals surface area (Å²) in [5.41, 5.74) is 2.14. The fourth-order valence-electron chi connectivity index (χ4n) is 2.80. The molecule has 1 N–H and O–H groups in total. The van der Waals surface area contributed by atoms with Gasteiger partial charge < -0.3 is 14.6 Å². The topological polar surface area (TPSA) is 48.6 Å². The van der Waals surface area contributed by atoms with Gasteiger partial charge in [0.05, 0.1) is 7.11 Å². The molecule has 0 radical (unpaired) electrons. The van der Waals surface area contributed by atoms with Crippen molar-refractivity contribution >= 4 is 5.69 Å². The third-order valence-electron chi connectivity index (χ3n) is 4.04. The van der Waals surface area contributed by atoms with E-state index in [0.717, 1.165) is 38.4 Å². The number of aromatic amines is 1. The number of methoxy groups -OCH3 is 1. The molecule has 1 saturated heterocycles. The third kappa shape index (κ3) is 3.31. The monoisotopic (exact) mass is 299 g/mol. The summed E-state index contributed by atoms with van der Waals surface area (Å²) in [4.78, 5) is 19.7. The Labute approximate surface area is 130 Å². The maximum atomic E-state index is 11.8. The number of hydrogen-bond donors (Lipinski definition) is 1. The molecular formula is C17H21N3O2. The number of para-hydroxylation sites is 1. The van der Waals surface area contributed by atoms with Gasteiger partial charge in [0, 0.05) is 56.4 Å². The summed E-state index contributed by atoms with van der Waals surface area (Å²) < 4.78 is 4.99. The maximum absolute atomic E-state index is 11.8. The molecule has 1 fully saturated rings. The van der Waals surface area contributed by atoms with Crippen LogP contribution >= 0.6 is 0 Å². The van der Waals surface area contributed by atoms with Gasteiger partial charge in [-0.2, -0.15) is 0 Å². The highest BCUT2D eigenvalue weighted by molar-refractivity contribution is 5.46. The lowest BCUT2D eigenvalue weighted by atomic mass is 10.2. The zero-order valence-corrected chi connectivity index (χ0v) is 12.8. The average Bonchev–Trinajstić information content (AvgIpc) is 2.57. The number of aromatic nitrogens is 1. The highest BCUT2D eigenvalue weighted by atomic mass is 16.5. The molecule has 1 aliphatic heterocycles. The van der Waals surface area contributed by atoms with Crippen molar-refractivity contribution in [2.45, 2.75) is 6.54 Å². The van der Waals surface area contributed by atoms with Crippen LogP contribution in [-0.4, -0.2) is 43.2 Å². The fraction of sp³-hybridized carbons (Fsp3) is 0.353. The fourth-order valence-corrected chi connectivity index (χ4v) is 2.80. The van der Waals surface area contributed by atoms with Crippen LogP contribution in [0.2, 0.25) is 0 Å². The molecule has 1 aromatic heterocycles. The second-order valence-corrected chi connectivity index (χ2v) is 5.49. The van der Waals surface area contributed by atoms with E-state index in [1.54, 1.807) is 12.3 Å². The molecule has 0 amide bonds. The predicted octanol–water partition coefficient (Wildman–Crippen LogP) is 1.71. The Balaban J connectivity index is 1.58. The first-order valence-corrected chi connectivity index (χ1v) is 7.54. The summed E-state index contributed by atoms with van der Waals surface area (Å²) >= 11 is 0. The number of pyridine rings is 1. The zero-order valence-electron chi connectivity index (χ0n) is 12.8. The Kier molecular flexibility index (Phi) is 4.44. The molecule has 116 valence electrons. The van der Waals surface area contributed by atoms with Crippen LogP contribution in [0.5, 0.6) is 5.75 Å². The van der Waals surface area contributed by atoms with Crippen molar-refractivity contribution in [2.75, 3.05) is 38.2 Å². The van der Waals surface area contributed by atoms with Crippen LogP contribution in [-0.2, 0) is 6.54 Å².